The minimum Gasteiger partial charge on any atom is -0.445 e. The first kappa shape index (κ1) is 62.4. The van der Waals surface area contributed by atoms with E-state index >= 15 is 0 Å². The van der Waals surface area contributed by atoms with E-state index in [0.717, 1.165) is 0 Å². The predicted molar refractivity (Wildman–Crippen MR) is 288 cm³/mol. The van der Waals surface area contributed by atoms with E-state index in [0.29, 0.717) is 68.4 Å². The Morgan fingerprint density at radius 1 is 0.789 bits per heavy atom. The number of nitrogens with zero attached hydrogens (tertiary/aromatic N) is 4. The molecular formula is C57H85N7O12. The molecule has 4 N–H and O–H groups in total. The Balaban J connectivity index is 1.35. The molecule has 0 spiro atoms. The van der Waals surface area contributed by atoms with E-state index < -0.39 is 66.4 Å². The molecule has 2 aromatic rings. The summed E-state index contributed by atoms with van der Waals surface area (Å²) in [6.07, 6.45) is 3.48. The molecule has 0 saturated carbocycles. The number of hydrogen-bond donors (Lipinski definition) is 4. The van der Waals surface area contributed by atoms with E-state index in [1.54, 1.807) is 80.9 Å². The van der Waals surface area contributed by atoms with Gasteiger partial charge in [0.2, 0.25) is 29.5 Å². The van der Waals surface area contributed by atoms with Gasteiger partial charge in [0.25, 0.3) is 11.8 Å². The second kappa shape index (κ2) is 29.9. The fourth-order valence-electron chi connectivity index (χ4n) is 10.2. The van der Waals surface area contributed by atoms with E-state index in [4.69, 9.17) is 14.2 Å². The molecule has 4 rings (SSSR count). The molecule has 76 heavy (non-hydrogen) atoms. The van der Waals surface area contributed by atoms with Crippen LogP contribution in [0.5, 0.6) is 0 Å². The molecule has 2 aliphatic heterocycles. The maximum atomic E-state index is 14.7. The number of aliphatic hydroxyl groups excluding tert-OH is 1. The summed E-state index contributed by atoms with van der Waals surface area (Å²) in [4.78, 5) is 112. The first-order valence-corrected chi connectivity index (χ1v) is 26.8. The number of likely N-dealkylation sites (N-methyl/N-ethyl adjacent to an activating group) is 2. The summed E-state index contributed by atoms with van der Waals surface area (Å²) in [5, 5.41) is 19.7. The van der Waals surface area contributed by atoms with Gasteiger partial charge >= 0.3 is 6.09 Å². The molecule has 19 nitrogen and oxygen atoms in total. The van der Waals surface area contributed by atoms with Gasteiger partial charge in [0.1, 0.15) is 18.7 Å². The third kappa shape index (κ3) is 16.9. The van der Waals surface area contributed by atoms with E-state index in [1.807, 2.05) is 45.9 Å². The molecule has 420 valence electrons. The van der Waals surface area contributed by atoms with Gasteiger partial charge in [-0.2, -0.15) is 0 Å². The van der Waals surface area contributed by atoms with Gasteiger partial charge in [-0.25, -0.2) is 4.79 Å². The molecule has 1 fully saturated rings. The third-order valence-corrected chi connectivity index (χ3v) is 14.9. The monoisotopic (exact) mass is 1060 g/mol. The number of rotatable bonds is 29. The van der Waals surface area contributed by atoms with Crippen LogP contribution >= 0.6 is 0 Å². The van der Waals surface area contributed by atoms with Gasteiger partial charge in [0.05, 0.1) is 48.8 Å². The highest BCUT2D eigenvalue weighted by Gasteiger charge is 2.44. The minimum atomic E-state index is -1.01. The van der Waals surface area contributed by atoms with Crippen molar-refractivity contribution in [3.8, 4) is 0 Å². The van der Waals surface area contributed by atoms with Crippen molar-refractivity contribution in [2.45, 2.75) is 162 Å². The lowest BCUT2D eigenvalue weighted by Crippen LogP contribution is -2.60. The number of ether oxygens (including phenoxy) is 3. The van der Waals surface area contributed by atoms with Crippen molar-refractivity contribution in [1.29, 1.82) is 0 Å². The molecule has 19 heteroatoms. The lowest BCUT2D eigenvalue weighted by atomic mass is 9.89. The molecule has 2 aromatic carbocycles. The zero-order chi connectivity index (χ0) is 56.4. The molecule has 0 aliphatic carbocycles. The second-order valence-corrected chi connectivity index (χ2v) is 21.0. The molecule has 8 amide bonds. The quantitative estimate of drug-likeness (QED) is 0.0543. The molecule has 1 saturated heterocycles. The molecule has 0 radical (unpaired) electrons. The van der Waals surface area contributed by atoms with E-state index in [-0.39, 0.29) is 72.6 Å². The van der Waals surface area contributed by atoms with Crippen LogP contribution in [-0.4, -0.2) is 156 Å². The number of nitrogens with one attached hydrogen (secondary N) is 3. The van der Waals surface area contributed by atoms with E-state index in [1.165, 1.54) is 43.2 Å². The Bertz CT molecular complexity index is 2280. The van der Waals surface area contributed by atoms with Crippen LogP contribution < -0.4 is 16.0 Å². The largest absolute Gasteiger partial charge is 0.445 e. The highest BCUT2D eigenvalue weighted by molar-refractivity contribution is 6.12. The molecule has 2 heterocycles. The summed E-state index contributed by atoms with van der Waals surface area (Å²) < 4.78 is 17.7. The van der Waals surface area contributed by atoms with Crippen molar-refractivity contribution in [2.24, 2.45) is 23.7 Å². The van der Waals surface area contributed by atoms with Crippen LogP contribution in [0.2, 0.25) is 0 Å². The standard InChI is InChI=1S/C57H85N7O12/c1-13-37(6)51(44(74-11)33-48(68)63-32-20-23-43(63)53(75-12)38(7)54(70)58-39(8)52(69)41-21-16-14-17-22-41)61(9)56(72)49(35(2)3)60-55(71)50(36(4)5)62(10)57(73)76-34-40-25-27-42(28-26-40)59-45(65)24-18-15-19-31-64-46(66)29-30-47(64)67/h14,16-17,21-22,25-30,35-39,43-44,49-53,69H,13,15,18-20,23-24,31-34H2,1-12H3,(H,58,70)(H,59,65)(H,60,71)/t37-,38+,39+,43-,44?,49-,50-,51-,52+,53+/m0/s1. The van der Waals surface area contributed by atoms with Gasteiger partial charge in [0.15, 0.2) is 0 Å². The lowest BCUT2D eigenvalue weighted by molar-refractivity contribution is -0.148. The average Bonchev–Trinajstić information content (AvgIpc) is 4.01. The predicted octanol–water partition coefficient (Wildman–Crippen LogP) is 6.00. The number of unbranched alkanes of at least 4 members (excludes halogenated alkanes) is 2. The van der Waals surface area contributed by atoms with Gasteiger partial charge in [0, 0.05) is 65.7 Å². The number of amides is 8. The number of methoxy groups -OCH3 is 2. The van der Waals surface area contributed by atoms with Crippen LogP contribution in [0.4, 0.5) is 10.5 Å². The second-order valence-electron chi connectivity index (χ2n) is 21.0. The number of hydrogen-bond acceptors (Lipinski definition) is 12. The highest BCUT2D eigenvalue weighted by Crippen LogP contribution is 2.30. The van der Waals surface area contributed by atoms with Crippen LogP contribution in [0.1, 0.15) is 124 Å². The van der Waals surface area contributed by atoms with Gasteiger partial charge in [-0.3, -0.25) is 43.4 Å². The van der Waals surface area contributed by atoms with Crippen LogP contribution in [-0.2, 0) is 54.4 Å². The number of likely N-dealkylation sites (tertiary alicyclic amines) is 1. The molecule has 2 aliphatic rings. The Hall–Kier alpha value is -6.18. The Morgan fingerprint density at radius 3 is 2.01 bits per heavy atom. The number of aliphatic hydroxyl groups is 1. The normalized spacial score (nSPS) is 18.1. The van der Waals surface area contributed by atoms with Crippen molar-refractivity contribution in [3.05, 3.63) is 77.9 Å². The summed E-state index contributed by atoms with van der Waals surface area (Å²) in [7, 11) is 6.17. The summed E-state index contributed by atoms with van der Waals surface area (Å²) in [5.74, 6) is -3.82. The number of carbonyl (C=O) groups excluding carboxylic acids is 8. The maximum absolute atomic E-state index is 14.7. The number of imide groups is 1. The van der Waals surface area contributed by atoms with E-state index in [9.17, 15) is 43.5 Å². The molecular weight excluding hydrogens is 975 g/mol. The topological polar surface area (TPSA) is 234 Å². The third-order valence-electron chi connectivity index (χ3n) is 14.9. The van der Waals surface area contributed by atoms with Gasteiger partial charge in [-0.05, 0) is 73.6 Å². The SMILES string of the molecule is CC[C@H](C)[C@@H](C(CC(=O)N1CCC[C@H]1[C@H](OC)[C@@H](C)C(=O)N[C@H](C)[C@@H](O)c1ccccc1)OC)N(C)C(=O)[C@@H](NC(=O)[C@H](C(C)C)N(C)C(=O)OCc1ccc(NC(=O)CCCCCN2C(=O)C=CC2=O)cc1)C(C)C. The summed E-state index contributed by atoms with van der Waals surface area (Å²) in [6, 6.07) is 12.3. The molecule has 10 atom stereocenters. The van der Waals surface area contributed by atoms with Gasteiger partial charge in [-0.1, -0.05) is 104 Å². The van der Waals surface area contributed by atoms with Crippen molar-refractivity contribution in [3.63, 3.8) is 0 Å². The van der Waals surface area contributed by atoms with Crippen LogP contribution in [0.3, 0.4) is 0 Å². The van der Waals surface area contributed by atoms with Gasteiger partial charge in [-0.15, -0.1) is 0 Å². The molecule has 0 aromatic heterocycles. The fourth-order valence-corrected chi connectivity index (χ4v) is 10.2. The Morgan fingerprint density at radius 2 is 1.43 bits per heavy atom. The van der Waals surface area contributed by atoms with Crippen molar-refractivity contribution < 1.29 is 57.7 Å². The first-order chi connectivity index (χ1) is 36.1. The zero-order valence-electron chi connectivity index (χ0n) is 46.8. The lowest BCUT2D eigenvalue weighted by Gasteiger charge is -2.41. The summed E-state index contributed by atoms with van der Waals surface area (Å²) in [6.45, 7) is 15.4. The smallest absolute Gasteiger partial charge is 0.410 e. The van der Waals surface area contributed by atoms with Crippen LogP contribution in [0, 0.1) is 23.7 Å². The van der Waals surface area contributed by atoms with Crippen molar-refractivity contribution >= 4 is 53.1 Å². The van der Waals surface area contributed by atoms with Crippen LogP contribution in [0.25, 0.3) is 0 Å². The zero-order valence-corrected chi connectivity index (χ0v) is 46.8. The van der Waals surface area contributed by atoms with Gasteiger partial charge < -0.3 is 45.1 Å². The molecule has 0 bridgehead atoms. The number of benzene rings is 2. The minimum absolute atomic E-state index is 0.0607. The Labute approximate surface area is 449 Å². The summed E-state index contributed by atoms with van der Waals surface area (Å²) >= 11 is 0. The summed E-state index contributed by atoms with van der Waals surface area (Å²) in [5.41, 5.74) is 1.89. The highest BCUT2D eigenvalue weighted by atomic mass is 16.6. The van der Waals surface area contributed by atoms with E-state index in [2.05, 4.69) is 16.0 Å². The van der Waals surface area contributed by atoms with Crippen molar-refractivity contribution in [1.82, 2.24) is 30.2 Å². The average molecular weight is 1060 g/mol. The number of carbonyl (C=O) groups is 8. The Kier molecular flexibility index (Phi) is 24.6. The first-order valence-electron chi connectivity index (χ1n) is 26.8. The van der Waals surface area contributed by atoms with Crippen molar-refractivity contribution in [2.75, 3.05) is 46.7 Å². The van der Waals surface area contributed by atoms with Crippen LogP contribution in [0.15, 0.2) is 66.7 Å². The maximum Gasteiger partial charge on any atom is 0.410 e. The molecule has 1 unspecified atom stereocenters. The fraction of sp³-hybridized carbons (Fsp3) is 0.614. The number of anilines is 1.